The molecule has 1 aliphatic rings. The van der Waals surface area contributed by atoms with Gasteiger partial charge in [-0.3, -0.25) is 9.78 Å². The number of amides is 3. The fraction of sp³-hybridized carbons (Fsp3) is 0.381. The van der Waals surface area contributed by atoms with Crippen molar-refractivity contribution >= 4 is 11.9 Å². The molecule has 0 aliphatic carbocycles. The Balaban J connectivity index is 1.66. The lowest BCUT2D eigenvalue weighted by molar-refractivity contribution is 0.0952. The molecule has 6 nitrogen and oxygen atoms in total. The van der Waals surface area contributed by atoms with E-state index in [1.165, 1.54) is 11.1 Å². The number of nitrogens with zero attached hydrogens (tertiary/aromatic N) is 3. The number of benzene rings is 1. The van der Waals surface area contributed by atoms with Crippen molar-refractivity contribution in [2.75, 3.05) is 27.2 Å². The SMILES string of the molecule is Cc1ccccc1CCNC(=O)c1cncc2c1CCN(C(=O)N(C)C)C2. The van der Waals surface area contributed by atoms with Crippen LogP contribution < -0.4 is 5.32 Å². The molecular formula is C21H26N4O2. The number of aryl methyl sites for hydroxylation is 1. The number of rotatable bonds is 4. The fourth-order valence-electron chi connectivity index (χ4n) is 3.43. The summed E-state index contributed by atoms with van der Waals surface area (Å²) in [6, 6.07) is 8.18. The summed E-state index contributed by atoms with van der Waals surface area (Å²) in [5, 5.41) is 3.01. The van der Waals surface area contributed by atoms with E-state index in [9.17, 15) is 9.59 Å². The first-order valence-corrected chi connectivity index (χ1v) is 9.22. The molecule has 1 aliphatic heterocycles. The van der Waals surface area contributed by atoms with Crippen molar-refractivity contribution in [1.29, 1.82) is 0 Å². The van der Waals surface area contributed by atoms with Crippen LogP contribution in [0.1, 0.15) is 32.6 Å². The fourth-order valence-corrected chi connectivity index (χ4v) is 3.43. The molecule has 2 heterocycles. The number of nitrogens with one attached hydrogen (secondary N) is 1. The molecule has 0 saturated heterocycles. The van der Waals surface area contributed by atoms with E-state index >= 15 is 0 Å². The first-order chi connectivity index (χ1) is 13.0. The molecule has 0 fully saturated rings. The van der Waals surface area contributed by atoms with Crippen LogP contribution in [0.3, 0.4) is 0 Å². The molecule has 1 N–H and O–H groups in total. The van der Waals surface area contributed by atoms with Gasteiger partial charge in [0.25, 0.3) is 5.91 Å². The summed E-state index contributed by atoms with van der Waals surface area (Å²) in [7, 11) is 3.49. The van der Waals surface area contributed by atoms with Gasteiger partial charge in [-0.25, -0.2) is 4.79 Å². The van der Waals surface area contributed by atoms with Gasteiger partial charge < -0.3 is 15.1 Å². The second-order valence-corrected chi connectivity index (χ2v) is 7.11. The Hall–Kier alpha value is -2.89. The zero-order chi connectivity index (χ0) is 19.4. The van der Waals surface area contributed by atoms with E-state index in [0.717, 1.165) is 17.5 Å². The number of aromatic nitrogens is 1. The summed E-state index contributed by atoms with van der Waals surface area (Å²) in [6.07, 6.45) is 4.85. The molecule has 1 aromatic carbocycles. The quantitative estimate of drug-likeness (QED) is 0.904. The third-order valence-corrected chi connectivity index (χ3v) is 4.98. The van der Waals surface area contributed by atoms with Crippen molar-refractivity contribution in [2.24, 2.45) is 0 Å². The van der Waals surface area contributed by atoms with Crippen molar-refractivity contribution in [3.63, 3.8) is 0 Å². The molecule has 0 bridgehead atoms. The Labute approximate surface area is 160 Å². The van der Waals surface area contributed by atoms with Crippen LogP contribution >= 0.6 is 0 Å². The summed E-state index contributed by atoms with van der Waals surface area (Å²) in [5.41, 5.74) is 5.04. The Morgan fingerprint density at radius 3 is 2.74 bits per heavy atom. The number of carbonyl (C=O) groups excluding carboxylic acids is 2. The zero-order valence-corrected chi connectivity index (χ0v) is 16.2. The topological polar surface area (TPSA) is 65.5 Å². The maximum absolute atomic E-state index is 12.7. The summed E-state index contributed by atoms with van der Waals surface area (Å²) in [4.78, 5) is 32.4. The second-order valence-electron chi connectivity index (χ2n) is 7.11. The van der Waals surface area contributed by atoms with E-state index < -0.39 is 0 Å². The van der Waals surface area contributed by atoms with E-state index in [1.54, 1.807) is 36.3 Å². The molecule has 0 spiro atoms. The number of hydrogen-bond acceptors (Lipinski definition) is 3. The largest absolute Gasteiger partial charge is 0.352 e. The summed E-state index contributed by atoms with van der Waals surface area (Å²) in [5.74, 6) is -0.0969. The van der Waals surface area contributed by atoms with Crippen molar-refractivity contribution in [1.82, 2.24) is 20.1 Å². The van der Waals surface area contributed by atoms with E-state index in [-0.39, 0.29) is 11.9 Å². The molecule has 1 aromatic heterocycles. The van der Waals surface area contributed by atoms with Gasteiger partial charge in [0.15, 0.2) is 0 Å². The van der Waals surface area contributed by atoms with Gasteiger partial charge in [-0.1, -0.05) is 24.3 Å². The van der Waals surface area contributed by atoms with E-state index in [1.807, 2.05) is 12.1 Å². The number of carbonyl (C=O) groups is 2. The average molecular weight is 366 g/mol. The molecule has 0 saturated carbocycles. The Bertz CT molecular complexity index is 848. The summed E-state index contributed by atoms with van der Waals surface area (Å²) < 4.78 is 0. The van der Waals surface area contributed by atoms with Crippen molar-refractivity contribution in [2.45, 2.75) is 26.3 Å². The summed E-state index contributed by atoms with van der Waals surface area (Å²) >= 11 is 0. The minimum atomic E-state index is -0.0969. The van der Waals surface area contributed by atoms with Gasteiger partial charge in [0, 0.05) is 46.1 Å². The molecule has 27 heavy (non-hydrogen) atoms. The van der Waals surface area contributed by atoms with E-state index in [4.69, 9.17) is 0 Å². The van der Waals surface area contributed by atoms with Crippen molar-refractivity contribution in [3.05, 3.63) is 64.5 Å². The van der Waals surface area contributed by atoms with Crippen LogP contribution in [0.5, 0.6) is 0 Å². The lowest BCUT2D eigenvalue weighted by Crippen LogP contribution is -2.42. The molecule has 2 aromatic rings. The molecule has 3 amide bonds. The lowest BCUT2D eigenvalue weighted by Gasteiger charge is -2.31. The standard InChI is InChI=1S/C21H26N4O2/c1-15-6-4-5-7-16(15)8-10-23-20(26)19-13-22-12-17-14-25(11-9-18(17)19)21(27)24(2)3/h4-7,12-13H,8-11,14H2,1-3H3,(H,23,26). The number of pyridine rings is 1. The highest BCUT2D eigenvalue weighted by Gasteiger charge is 2.25. The van der Waals surface area contributed by atoms with Gasteiger partial charge in [-0.2, -0.15) is 0 Å². The Morgan fingerprint density at radius 1 is 1.22 bits per heavy atom. The highest BCUT2D eigenvalue weighted by molar-refractivity contribution is 5.95. The van der Waals surface area contributed by atoms with Crippen LogP contribution in [0, 0.1) is 6.92 Å². The maximum Gasteiger partial charge on any atom is 0.319 e. The third kappa shape index (κ3) is 4.27. The van der Waals surface area contributed by atoms with Crippen LogP contribution in [0.15, 0.2) is 36.7 Å². The molecule has 3 rings (SSSR count). The second kappa shape index (κ2) is 8.20. The van der Waals surface area contributed by atoms with Crippen LogP contribution in [0.2, 0.25) is 0 Å². The molecule has 0 radical (unpaired) electrons. The minimum absolute atomic E-state index is 0.0197. The predicted molar refractivity (Wildman–Crippen MR) is 105 cm³/mol. The van der Waals surface area contributed by atoms with Gasteiger partial charge in [-0.15, -0.1) is 0 Å². The predicted octanol–water partition coefficient (Wildman–Crippen LogP) is 2.40. The van der Waals surface area contributed by atoms with Gasteiger partial charge in [0.1, 0.15) is 0 Å². The molecule has 6 heteroatoms. The number of hydrogen-bond donors (Lipinski definition) is 1. The van der Waals surface area contributed by atoms with Crippen molar-refractivity contribution in [3.8, 4) is 0 Å². The smallest absolute Gasteiger partial charge is 0.319 e. The highest BCUT2D eigenvalue weighted by atomic mass is 16.2. The Kier molecular flexibility index (Phi) is 5.74. The molecule has 0 atom stereocenters. The summed E-state index contributed by atoms with van der Waals surface area (Å²) in [6.45, 7) is 3.76. The third-order valence-electron chi connectivity index (χ3n) is 4.98. The van der Waals surface area contributed by atoms with Crippen LogP contribution in [-0.4, -0.2) is 53.9 Å². The maximum atomic E-state index is 12.7. The normalized spacial score (nSPS) is 13.1. The van der Waals surface area contributed by atoms with Gasteiger partial charge >= 0.3 is 6.03 Å². The Morgan fingerprint density at radius 2 is 2.00 bits per heavy atom. The molecule has 142 valence electrons. The number of fused-ring (bicyclic) bond motifs is 1. The van der Waals surface area contributed by atoms with Crippen LogP contribution in [0.25, 0.3) is 0 Å². The number of urea groups is 1. The average Bonchev–Trinajstić information content (AvgIpc) is 2.67. The van der Waals surface area contributed by atoms with E-state index in [2.05, 4.69) is 29.4 Å². The van der Waals surface area contributed by atoms with Crippen LogP contribution in [-0.2, 0) is 19.4 Å². The van der Waals surface area contributed by atoms with Gasteiger partial charge in [0.05, 0.1) is 5.56 Å². The van der Waals surface area contributed by atoms with Crippen LogP contribution in [0.4, 0.5) is 4.79 Å². The minimum Gasteiger partial charge on any atom is -0.352 e. The lowest BCUT2D eigenvalue weighted by atomic mass is 9.96. The van der Waals surface area contributed by atoms with E-state index in [0.29, 0.717) is 31.6 Å². The highest BCUT2D eigenvalue weighted by Crippen LogP contribution is 2.22. The molecular weight excluding hydrogens is 340 g/mol. The first kappa shape index (κ1) is 18.9. The monoisotopic (exact) mass is 366 g/mol. The van der Waals surface area contributed by atoms with Crippen molar-refractivity contribution < 1.29 is 9.59 Å². The zero-order valence-electron chi connectivity index (χ0n) is 16.2. The first-order valence-electron chi connectivity index (χ1n) is 9.22. The van der Waals surface area contributed by atoms with Gasteiger partial charge in [0.2, 0.25) is 0 Å². The molecule has 0 unspecified atom stereocenters. The van der Waals surface area contributed by atoms with Gasteiger partial charge in [-0.05, 0) is 42.0 Å².